The van der Waals surface area contributed by atoms with Crippen molar-refractivity contribution in [1.82, 2.24) is 0 Å². The van der Waals surface area contributed by atoms with Crippen molar-refractivity contribution in [3.63, 3.8) is 0 Å². The average Bonchev–Trinajstić information content (AvgIpc) is 2.08. The van der Waals surface area contributed by atoms with Gasteiger partial charge in [0.1, 0.15) is 0 Å². The van der Waals surface area contributed by atoms with E-state index < -0.39 is 27.0 Å². The Morgan fingerprint density at radius 2 is 1.65 bits per heavy atom. The second-order valence-electron chi connectivity index (χ2n) is 5.99. The van der Waals surface area contributed by atoms with Crippen LogP contribution in [0.15, 0.2) is 0 Å². The minimum atomic E-state index is -4.13. The van der Waals surface area contributed by atoms with Gasteiger partial charge in [-0.15, -0.1) is 0 Å². The molecule has 1 atom stereocenters. The van der Waals surface area contributed by atoms with Crippen LogP contribution in [-0.2, 0) is 4.43 Å². The molecular weight excluding hydrogens is 247 g/mol. The van der Waals surface area contributed by atoms with Crippen LogP contribution in [0.4, 0.5) is 13.2 Å². The number of hydrogen-bond acceptors (Lipinski definition) is 2. The molecule has 0 fully saturated rings. The van der Waals surface area contributed by atoms with Gasteiger partial charge in [0.2, 0.25) is 0 Å². The summed E-state index contributed by atoms with van der Waals surface area (Å²) in [6.07, 6.45) is -5.04. The first-order chi connectivity index (χ1) is 7.35. The first kappa shape index (κ1) is 16.9. The van der Waals surface area contributed by atoms with Crippen LogP contribution in [0, 0.1) is 0 Å². The van der Waals surface area contributed by atoms with Gasteiger partial charge in [0.05, 0.1) is 0 Å². The molecule has 2 nitrogen and oxygen atoms in total. The van der Waals surface area contributed by atoms with Crippen molar-refractivity contribution in [3.05, 3.63) is 0 Å². The van der Waals surface area contributed by atoms with Crippen molar-refractivity contribution >= 4 is 8.32 Å². The third-order valence-corrected chi connectivity index (χ3v) is 7.76. The lowest BCUT2D eigenvalue weighted by Crippen LogP contribution is -2.44. The highest BCUT2D eigenvalue weighted by Gasteiger charge is 2.37. The highest BCUT2D eigenvalue weighted by atomic mass is 28.4. The molecule has 0 aliphatic heterocycles. The Morgan fingerprint density at radius 3 is 2.00 bits per heavy atom. The van der Waals surface area contributed by atoms with E-state index in [9.17, 15) is 13.2 Å². The SMILES string of the molecule is CC(C)(C)[Si](C)(C)OC[C@@H](N)CCC(F)(F)F. The Balaban J connectivity index is 4.04. The van der Waals surface area contributed by atoms with Gasteiger partial charge < -0.3 is 10.2 Å². The topological polar surface area (TPSA) is 35.2 Å². The molecule has 6 heteroatoms. The van der Waals surface area contributed by atoms with E-state index >= 15 is 0 Å². The number of halogens is 3. The minimum absolute atomic E-state index is 0.0523. The summed E-state index contributed by atoms with van der Waals surface area (Å²) in [5.74, 6) is 0. The van der Waals surface area contributed by atoms with Crippen LogP contribution in [0.1, 0.15) is 33.6 Å². The molecule has 17 heavy (non-hydrogen) atoms. The van der Waals surface area contributed by atoms with E-state index in [0.717, 1.165) is 0 Å². The maximum Gasteiger partial charge on any atom is 0.389 e. The molecule has 0 aliphatic carbocycles. The molecule has 0 heterocycles. The lowest BCUT2D eigenvalue weighted by molar-refractivity contribution is -0.136. The summed E-state index contributed by atoms with van der Waals surface area (Å²) >= 11 is 0. The predicted molar refractivity (Wildman–Crippen MR) is 66.4 cm³/mol. The highest BCUT2D eigenvalue weighted by molar-refractivity contribution is 6.74. The van der Waals surface area contributed by atoms with E-state index in [0.29, 0.717) is 0 Å². The second-order valence-corrected chi connectivity index (χ2v) is 10.8. The zero-order chi connectivity index (χ0) is 13.9. The summed E-state index contributed by atoms with van der Waals surface area (Å²) in [6.45, 7) is 10.6. The van der Waals surface area contributed by atoms with Crippen molar-refractivity contribution in [2.75, 3.05) is 6.61 Å². The van der Waals surface area contributed by atoms with E-state index in [1.54, 1.807) is 0 Å². The fourth-order valence-corrected chi connectivity index (χ4v) is 2.03. The Morgan fingerprint density at radius 1 is 1.18 bits per heavy atom. The molecule has 0 bridgehead atoms. The third kappa shape index (κ3) is 7.05. The van der Waals surface area contributed by atoms with Gasteiger partial charge in [-0.1, -0.05) is 20.8 Å². The molecule has 0 aliphatic rings. The van der Waals surface area contributed by atoms with Crippen LogP contribution >= 0.6 is 0 Å². The summed E-state index contributed by atoms with van der Waals surface area (Å²) in [4.78, 5) is 0. The van der Waals surface area contributed by atoms with Crippen molar-refractivity contribution in [1.29, 1.82) is 0 Å². The molecule has 0 unspecified atom stereocenters. The quantitative estimate of drug-likeness (QED) is 0.774. The molecule has 0 amide bonds. The van der Waals surface area contributed by atoms with Crippen LogP contribution in [0.25, 0.3) is 0 Å². The predicted octanol–water partition coefficient (Wildman–Crippen LogP) is 3.68. The van der Waals surface area contributed by atoms with Crippen LogP contribution in [-0.4, -0.2) is 27.1 Å². The Bertz CT molecular complexity index is 236. The van der Waals surface area contributed by atoms with Crippen LogP contribution in [0.5, 0.6) is 0 Å². The smallest absolute Gasteiger partial charge is 0.389 e. The molecule has 0 spiro atoms. The van der Waals surface area contributed by atoms with Gasteiger partial charge in [0, 0.05) is 19.1 Å². The van der Waals surface area contributed by atoms with Gasteiger partial charge in [0.25, 0.3) is 0 Å². The standard InChI is InChI=1S/C11H24F3NOSi/c1-10(2,3)17(4,5)16-8-9(15)6-7-11(12,13)14/h9H,6-8,15H2,1-5H3/t9-/m0/s1. The monoisotopic (exact) mass is 271 g/mol. The van der Waals surface area contributed by atoms with Gasteiger partial charge >= 0.3 is 6.18 Å². The summed E-state index contributed by atoms with van der Waals surface area (Å²) in [5, 5.41) is 0.0523. The van der Waals surface area contributed by atoms with Gasteiger partial charge in [-0.2, -0.15) is 13.2 Å². The van der Waals surface area contributed by atoms with Crippen molar-refractivity contribution in [2.24, 2.45) is 5.73 Å². The number of nitrogens with two attached hydrogens (primary N) is 1. The fourth-order valence-electron chi connectivity index (χ4n) is 0.964. The normalized spacial score (nSPS) is 16.1. The first-order valence-electron chi connectivity index (χ1n) is 5.81. The number of rotatable bonds is 5. The lowest BCUT2D eigenvalue weighted by Gasteiger charge is -2.37. The van der Waals surface area contributed by atoms with Crippen molar-refractivity contribution in [3.8, 4) is 0 Å². The Hall–Kier alpha value is -0.0731. The molecule has 104 valence electrons. The molecule has 0 saturated heterocycles. The molecule has 0 aromatic rings. The van der Waals surface area contributed by atoms with Crippen LogP contribution < -0.4 is 5.73 Å². The van der Waals surface area contributed by atoms with Gasteiger partial charge in [-0.05, 0) is 24.6 Å². The Kier molecular flexibility index (Phi) is 5.69. The van der Waals surface area contributed by atoms with E-state index in [2.05, 4.69) is 33.9 Å². The third-order valence-electron chi connectivity index (χ3n) is 3.26. The van der Waals surface area contributed by atoms with E-state index in [1.807, 2.05) is 0 Å². The van der Waals surface area contributed by atoms with Gasteiger partial charge in [-0.3, -0.25) is 0 Å². The fraction of sp³-hybridized carbons (Fsp3) is 1.00. The molecular formula is C11H24F3NOSi. The van der Waals surface area contributed by atoms with Crippen LogP contribution in [0.2, 0.25) is 18.1 Å². The maximum atomic E-state index is 12.0. The maximum absolute atomic E-state index is 12.0. The van der Waals surface area contributed by atoms with E-state index in [1.165, 1.54) is 0 Å². The zero-order valence-electron chi connectivity index (χ0n) is 11.3. The second kappa shape index (κ2) is 5.71. The molecule has 0 rings (SSSR count). The van der Waals surface area contributed by atoms with Crippen LogP contribution in [0.3, 0.4) is 0 Å². The minimum Gasteiger partial charge on any atom is -0.415 e. The molecule has 0 saturated carbocycles. The van der Waals surface area contributed by atoms with E-state index in [-0.39, 0.29) is 18.1 Å². The molecule has 0 radical (unpaired) electrons. The molecule has 0 aromatic heterocycles. The van der Waals surface area contributed by atoms with Crippen molar-refractivity contribution < 1.29 is 17.6 Å². The largest absolute Gasteiger partial charge is 0.415 e. The van der Waals surface area contributed by atoms with Crippen molar-refractivity contribution in [2.45, 2.75) is 64.0 Å². The summed E-state index contributed by atoms with van der Waals surface area (Å²) in [5.41, 5.74) is 5.63. The number of hydrogen-bond donors (Lipinski definition) is 1. The summed E-state index contributed by atoms with van der Waals surface area (Å²) < 4.78 is 41.7. The van der Waals surface area contributed by atoms with Gasteiger partial charge in [-0.25, -0.2) is 0 Å². The zero-order valence-corrected chi connectivity index (χ0v) is 12.3. The molecule has 0 aromatic carbocycles. The molecule has 2 N–H and O–H groups in total. The summed E-state index contributed by atoms with van der Waals surface area (Å²) in [7, 11) is -1.90. The number of alkyl halides is 3. The van der Waals surface area contributed by atoms with Gasteiger partial charge in [0.15, 0.2) is 8.32 Å². The Labute approximate surface area is 103 Å². The van der Waals surface area contributed by atoms with E-state index in [4.69, 9.17) is 10.2 Å². The lowest BCUT2D eigenvalue weighted by atomic mass is 10.2. The summed E-state index contributed by atoms with van der Waals surface area (Å²) in [6, 6.07) is -0.536. The first-order valence-corrected chi connectivity index (χ1v) is 8.72. The highest BCUT2D eigenvalue weighted by Crippen LogP contribution is 2.36. The average molecular weight is 271 g/mol.